The fourth-order valence-corrected chi connectivity index (χ4v) is 10.2. The van der Waals surface area contributed by atoms with Crippen molar-refractivity contribution in [3.8, 4) is 88.9 Å². The molecule has 8 aromatic rings. The maximum absolute atomic E-state index is 11.5. The van der Waals surface area contributed by atoms with E-state index < -0.39 is 18.1 Å². The highest BCUT2D eigenvalue weighted by atomic mass is 79.9. The summed E-state index contributed by atoms with van der Waals surface area (Å²) in [6.45, 7) is 34.4. The summed E-state index contributed by atoms with van der Waals surface area (Å²) >= 11 is 10.4. The monoisotopic (exact) mass is 1460 g/mol. The number of hydrogen-bond acceptors (Lipinski definition) is 10. The summed E-state index contributed by atoms with van der Waals surface area (Å²) in [5, 5.41) is 28.8. The number of nitrogens with zero attached hydrogens (tertiary/aromatic N) is 6. The molecule has 1 N–H and O–H groups in total. The van der Waals surface area contributed by atoms with Gasteiger partial charge in [-0.15, -0.1) is 24.8 Å². The molecule has 0 saturated heterocycles. The number of benzene rings is 5. The number of aromatic nitrogens is 3. The molecule has 3 heterocycles. The maximum Gasteiger partial charge on any atom is 0.229 e. The zero-order valence-corrected chi connectivity index (χ0v) is 62.5. The third kappa shape index (κ3) is 26.1. The number of sulfonamides is 1. The highest BCUT2D eigenvalue weighted by Gasteiger charge is 2.24. The van der Waals surface area contributed by atoms with Gasteiger partial charge in [0, 0.05) is 53.6 Å². The largest absolute Gasteiger partial charge is 0.472 e. The summed E-state index contributed by atoms with van der Waals surface area (Å²) < 4.78 is 39.9. The van der Waals surface area contributed by atoms with Crippen LogP contribution in [0.5, 0.6) is 11.8 Å². The lowest BCUT2D eigenvalue weighted by molar-refractivity contribution is 0.295. The normalized spacial score (nSPS) is 10.5. The minimum Gasteiger partial charge on any atom is -0.472 e. The maximum atomic E-state index is 11.5. The van der Waals surface area contributed by atoms with Crippen LogP contribution in [-0.4, -0.2) is 37.7 Å². The molecule has 0 aliphatic heterocycles. The van der Waals surface area contributed by atoms with E-state index in [0.29, 0.717) is 69.7 Å². The van der Waals surface area contributed by atoms with E-state index >= 15 is 0 Å². The highest BCUT2D eigenvalue weighted by Crippen LogP contribution is 2.40. The lowest BCUT2D eigenvalue weighted by atomic mass is 9.82. The Morgan fingerprint density at radius 3 is 1.26 bits per heavy atom. The van der Waals surface area contributed by atoms with Crippen molar-refractivity contribution in [1.29, 1.82) is 15.8 Å². The average molecular weight is 1460 g/mol. The topological polar surface area (TPSA) is 175 Å². The molecule has 0 aliphatic rings. The predicted molar refractivity (Wildman–Crippen MR) is 394 cm³/mol. The molecule has 3 aromatic heterocycles. The smallest absolute Gasteiger partial charge is 0.229 e. The zero-order chi connectivity index (χ0) is 69.6. The van der Waals surface area contributed by atoms with Crippen LogP contribution in [0.1, 0.15) is 146 Å². The Hall–Kier alpha value is -8.29. The molecule has 0 unspecified atom stereocenters. The van der Waals surface area contributed by atoms with Crippen molar-refractivity contribution >= 4 is 71.6 Å². The van der Waals surface area contributed by atoms with Gasteiger partial charge in [0.2, 0.25) is 21.8 Å². The van der Waals surface area contributed by atoms with E-state index in [1.54, 1.807) is 24.5 Å². The SMILES string of the molecule is C#C.C#C[Si](C)(C)C.CC.CC.CC(C)(C)c1cc(Br)c(C#N)c(-c2cccnc2OCc2ccccc2)c1.CC(C)(C)c1cc(Br)c(C#N)c(Br)c1.CC(C)(C)c1cc(C#Cc2ccc(NS(C)(=O)=O)cn2)c(C#N)c(-c2cccnc2OCc2ccccc2)c1. The molecule has 16 heteroatoms. The Labute approximate surface area is 576 Å². The van der Waals surface area contributed by atoms with Crippen molar-refractivity contribution in [2.24, 2.45) is 0 Å². The number of anilines is 1. The van der Waals surface area contributed by atoms with Gasteiger partial charge in [0.05, 0.1) is 34.8 Å². The Kier molecular flexibility index (Phi) is 32.9. The summed E-state index contributed by atoms with van der Waals surface area (Å²) in [6.07, 6.45) is 19.0. The first-order valence-electron chi connectivity index (χ1n) is 29.6. The van der Waals surface area contributed by atoms with Gasteiger partial charge in [-0.25, -0.2) is 23.4 Å². The van der Waals surface area contributed by atoms with E-state index in [2.05, 4.69) is 204 Å². The van der Waals surface area contributed by atoms with Crippen molar-refractivity contribution in [3.05, 3.63) is 221 Å². The van der Waals surface area contributed by atoms with Gasteiger partial charge in [0.1, 0.15) is 45.2 Å². The molecule has 8 rings (SSSR count). The first-order valence-corrected chi connectivity index (χ1v) is 37.4. The van der Waals surface area contributed by atoms with E-state index in [0.717, 1.165) is 53.1 Å². The molecular formula is C76H84Br3N7O4SSi. The second-order valence-corrected chi connectivity index (χ2v) is 33.0. The summed E-state index contributed by atoms with van der Waals surface area (Å²) in [6, 6.07) is 49.3. The molecule has 5 aromatic carbocycles. The molecule has 11 nitrogen and oxygen atoms in total. The van der Waals surface area contributed by atoms with Gasteiger partial charge in [-0.05, 0) is 171 Å². The molecule has 0 aliphatic carbocycles. The van der Waals surface area contributed by atoms with Crippen molar-refractivity contribution in [2.45, 2.75) is 139 Å². The minimum absolute atomic E-state index is 0.0431. The van der Waals surface area contributed by atoms with E-state index in [9.17, 15) is 18.9 Å². The van der Waals surface area contributed by atoms with Crippen molar-refractivity contribution in [1.82, 2.24) is 15.0 Å². The fraction of sp³-hybridized carbons (Fsp3) is 0.289. The number of nitriles is 3. The van der Waals surface area contributed by atoms with Crippen LogP contribution in [0.2, 0.25) is 19.6 Å². The first-order chi connectivity index (χ1) is 43.3. The fourth-order valence-electron chi connectivity index (χ4n) is 7.73. The second kappa shape index (κ2) is 37.9. The van der Waals surface area contributed by atoms with Crippen molar-refractivity contribution < 1.29 is 17.9 Å². The van der Waals surface area contributed by atoms with Crippen LogP contribution in [0, 0.1) is 70.6 Å². The van der Waals surface area contributed by atoms with Gasteiger partial charge in [-0.3, -0.25) is 4.72 Å². The molecule has 0 atom stereocenters. The molecule has 0 saturated carbocycles. The van der Waals surface area contributed by atoms with Gasteiger partial charge < -0.3 is 9.47 Å². The Morgan fingerprint density at radius 2 is 0.902 bits per heavy atom. The number of terminal acetylenes is 2. The molecule has 0 bridgehead atoms. The van der Waals surface area contributed by atoms with Crippen LogP contribution < -0.4 is 14.2 Å². The van der Waals surface area contributed by atoms with E-state index in [1.807, 2.05) is 143 Å². The quantitative estimate of drug-likeness (QED) is 0.102. The van der Waals surface area contributed by atoms with Crippen LogP contribution in [0.25, 0.3) is 22.3 Å². The van der Waals surface area contributed by atoms with E-state index in [4.69, 9.17) is 21.2 Å². The second-order valence-electron chi connectivity index (χ2n) is 23.9. The molecule has 0 amide bonds. The third-order valence-corrected chi connectivity index (χ3v) is 15.9. The zero-order valence-electron chi connectivity index (χ0n) is 55.9. The number of halogens is 3. The molecular weight excluding hydrogens is 1370 g/mol. The van der Waals surface area contributed by atoms with Gasteiger partial charge in [-0.2, -0.15) is 15.8 Å². The molecule has 0 radical (unpaired) electrons. The number of nitrogens with one attached hydrogen (secondary N) is 1. The molecule has 0 spiro atoms. The number of hydrogen-bond donors (Lipinski definition) is 1. The summed E-state index contributed by atoms with van der Waals surface area (Å²) in [4.78, 5) is 13.1. The van der Waals surface area contributed by atoms with Crippen LogP contribution in [0.4, 0.5) is 5.69 Å². The van der Waals surface area contributed by atoms with Gasteiger partial charge in [0.15, 0.2) is 0 Å². The lowest BCUT2D eigenvalue weighted by Gasteiger charge is -2.22. The van der Waals surface area contributed by atoms with Crippen molar-refractivity contribution in [2.75, 3.05) is 11.0 Å². The Balaban J connectivity index is 0.000000468. The van der Waals surface area contributed by atoms with E-state index in [1.165, 1.54) is 11.8 Å². The van der Waals surface area contributed by atoms with Gasteiger partial charge in [-0.1, -0.05) is 176 Å². The summed E-state index contributed by atoms with van der Waals surface area (Å²) in [5.74, 6) is 7.07. The molecule has 92 heavy (non-hydrogen) atoms. The standard InChI is InChI=1S/C31H28N4O3S.C23H21BrN2O.C11H11Br2N.C5H10Si.2C2H6.C2H2/c1-31(2,3)24-17-23(12-13-25-14-15-26(20-34-25)35-39(4,36)37)29(19-32)28(18-24)27-11-8-16-33-30(27)38-21-22-9-6-5-7-10-22;1-23(2,3)17-12-19(20(14-25)21(24)13-17)18-10-7-11-26-22(18)27-15-16-8-5-4-6-9-16;1-11(2,3)7-4-9(12)8(6-14)10(13)5-7;1-5-6(2,3)4;3*1-2/h5-11,14-18,20,35H,21H2,1-4H3;4-13H,15H2,1-3H3;4-5H,1-3H3;1H,2-4H3;2*1-2H3;1-2H. The van der Waals surface area contributed by atoms with Crippen LogP contribution in [0.15, 0.2) is 165 Å². The predicted octanol–water partition coefficient (Wildman–Crippen LogP) is 20.1. The summed E-state index contributed by atoms with van der Waals surface area (Å²) in [5.41, 5.74) is 14.0. The van der Waals surface area contributed by atoms with Gasteiger partial charge >= 0.3 is 0 Å². The number of rotatable bonds is 10. The first kappa shape index (κ1) is 79.8. The van der Waals surface area contributed by atoms with Crippen molar-refractivity contribution in [3.63, 3.8) is 0 Å². The van der Waals surface area contributed by atoms with Crippen LogP contribution in [0.3, 0.4) is 0 Å². The highest BCUT2D eigenvalue weighted by molar-refractivity contribution is 9.11. The number of ether oxygens (including phenoxy) is 2. The molecule has 478 valence electrons. The third-order valence-electron chi connectivity index (χ3n) is 12.6. The van der Waals surface area contributed by atoms with Crippen LogP contribution in [-0.2, 0) is 39.5 Å². The number of pyridine rings is 3. The van der Waals surface area contributed by atoms with Crippen LogP contribution >= 0.6 is 47.8 Å². The minimum atomic E-state index is -3.41. The lowest BCUT2D eigenvalue weighted by Crippen LogP contribution is -2.15. The average Bonchev–Trinajstić information content (AvgIpc) is 0.813. The molecule has 0 fully saturated rings. The van der Waals surface area contributed by atoms with Gasteiger partial charge in [0.25, 0.3) is 0 Å². The van der Waals surface area contributed by atoms with E-state index in [-0.39, 0.29) is 16.2 Å². The summed E-state index contributed by atoms with van der Waals surface area (Å²) in [7, 11) is -4.51. The Bertz CT molecular complexity index is 4050. The Morgan fingerprint density at radius 1 is 0.522 bits per heavy atom.